The minimum atomic E-state index is -2.83. The third-order valence-corrected chi connectivity index (χ3v) is 2.54. The van der Waals surface area contributed by atoms with Gasteiger partial charge in [0.05, 0.1) is 0 Å². The Balaban J connectivity index is 2.44. The number of amides is 1. The first-order chi connectivity index (χ1) is 6.43. The summed E-state index contributed by atoms with van der Waals surface area (Å²) in [5.74, 6) is -4.56. The van der Waals surface area contributed by atoms with Crippen LogP contribution in [0.5, 0.6) is 0 Å². The zero-order chi connectivity index (χ0) is 10.8. The largest absolute Gasteiger partial charge is 0.354 e. The van der Waals surface area contributed by atoms with Gasteiger partial charge in [-0.15, -0.1) is 11.6 Å². The van der Waals surface area contributed by atoms with Gasteiger partial charge >= 0.3 is 0 Å². The highest BCUT2D eigenvalue weighted by molar-refractivity contribution is 6.20. The van der Waals surface area contributed by atoms with Crippen LogP contribution in [0.15, 0.2) is 0 Å². The zero-order valence-corrected chi connectivity index (χ0v) is 8.78. The molecule has 1 N–H and O–H groups in total. The van der Waals surface area contributed by atoms with Crippen molar-refractivity contribution in [2.24, 2.45) is 5.92 Å². The van der Waals surface area contributed by atoms with Gasteiger partial charge in [-0.1, -0.05) is 0 Å². The van der Waals surface area contributed by atoms with Crippen molar-refractivity contribution in [2.45, 2.75) is 37.5 Å². The van der Waals surface area contributed by atoms with Gasteiger partial charge in [0.2, 0.25) is 5.91 Å². The molecule has 5 heteroatoms. The van der Waals surface area contributed by atoms with E-state index in [-0.39, 0.29) is 24.8 Å². The van der Waals surface area contributed by atoms with Gasteiger partial charge in [-0.2, -0.15) is 0 Å². The van der Waals surface area contributed by atoms with Crippen molar-refractivity contribution >= 4 is 17.5 Å². The smallest absolute Gasteiger partial charge is 0.259 e. The summed E-state index contributed by atoms with van der Waals surface area (Å²) in [6, 6.07) is 0. The highest BCUT2D eigenvalue weighted by Crippen LogP contribution is 2.40. The van der Waals surface area contributed by atoms with Crippen LogP contribution in [0.3, 0.4) is 0 Å². The first-order valence-corrected chi connectivity index (χ1v) is 5.17. The van der Waals surface area contributed by atoms with Crippen LogP contribution < -0.4 is 5.32 Å². The van der Waals surface area contributed by atoms with Crippen LogP contribution in [0.4, 0.5) is 8.78 Å². The Morgan fingerprint density at radius 3 is 2.79 bits per heavy atom. The summed E-state index contributed by atoms with van der Waals surface area (Å²) in [4.78, 5) is 11.3. The van der Waals surface area contributed by atoms with Crippen molar-refractivity contribution in [3.05, 3.63) is 0 Å². The average molecular weight is 226 g/mol. The molecule has 2 nitrogen and oxygen atoms in total. The molecule has 1 fully saturated rings. The highest BCUT2D eigenvalue weighted by atomic mass is 35.5. The standard InChI is InChI=1S/C9H14ClF2NO/c1-6(10)5-13-8(14)7-3-2-4-9(7,11)12/h6-7H,2-5H2,1H3,(H,13,14). The van der Waals surface area contributed by atoms with Gasteiger partial charge < -0.3 is 5.32 Å². The number of alkyl halides is 3. The molecular formula is C9H14ClF2NO. The van der Waals surface area contributed by atoms with E-state index >= 15 is 0 Å². The van der Waals surface area contributed by atoms with Gasteiger partial charge in [0.1, 0.15) is 5.92 Å². The topological polar surface area (TPSA) is 29.1 Å². The lowest BCUT2D eigenvalue weighted by molar-refractivity contribution is -0.135. The average Bonchev–Trinajstić information content (AvgIpc) is 2.41. The molecule has 0 aromatic rings. The lowest BCUT2D eigenvalue weighted by Crippen LogP contribution is -2.40. The van der Waals surface area contributed by atoms with E-state index in [1.807, 2.05) is 0 Å². The molecule has 1 saturated carbocycles. The molecule has 0 bridgehead atoms. The van der Waals surface area contributed by atoms with E-state index in [1.165, 1.54) is 0 Å². The molecule has 1 aliphatic rings. The molecule has 0 saturated heterocycles. The third-order valence-electron chi connectivity index (χ3n) is 2.39. The van der Waals surface area contributed by atoms with E-state index in [0.717, 1.165) is 0 Å². The lowest BCUT2D eigenvalue weighted by Gasteiger charge is -2.18. The van der Waals surface area contributed by atoms with Crippen LogP contribution in [0.25, 0.3) is 0 Å². The van der Waals surface area contributed by atoms with Gasteiger partial charge in [-0.05, 0) is 19.8 Å². The molecule has 0 aromatic heterocycles. The molecule has 1 rings (SSSR count). The number of nitrogens with one attached hydrogen (secondary N) is 1. The summed E-state index contributed by atoms with van der Waals surface area (Å²) in [7, 11) is 0. The van der Waals surface area contributed by atoms with Crippen LogP contribution >= 0.6 is 11.6 Å². The van der Waals surface area contributed by atoms with E-state index in [0.29, 0.717) is 6.42 Å². The summed E-state index contributed by atoms with van der Waals surface area (Å²) in [6.45, 7) is 1.95. The highest BCUT2D eigenvalue weighted by Gasteiger charge is 2.47. The van der Waals surface area contributed by atoms with Crippen molar-refractivity contribution in [2.75, 3.05) is 6.54 Å². The second kappa shape index (κ2) is 4.43. The molecule has 1 aliphatic carbocycles. The Bertz CT molecular complexity index is 221. The fraction of sp³-hybridized carbons (Fsp3) is 0.889. The normalized spacial score (nSPS) is 27.3. The molecule has 82 valence electrons. The number of halogens is 3. The molecule has 14 heavy (non-hydrogen) atoms. The number of hydrogen-bond acceptors (Lipinski definition) is 1. The Kier molecular flexibility index (Phi) is 3.70. The van der Waals surface area contributed by atoms with E-state index in [9.17, 15) is 13.6 Å². The first kappa shape index (κ1) is 11.7. The monoisotopic (exact) mass is 225 g/mol. The lowest BCUT2D eigenvalue weighted by atomic mass is 10.0. The fourth-order valence-corrected chi connectivity index (χ4v) is 1.69. The quantitative estimate of drug-likeness (QED) is 0.733. The Labute approximate surface area is 87.0 Å². The zero-order valence-electron chi connectivity index (χ0n) is 8.03. The SMILES string of the molecule is CC(Cl)CNC(=O)C1CCCC1(F)F. The van der Waals surface area contributed by atoms with Gasteiger partial charge in [0.15, 0.2) is 0 Å². The summed E-state index contributed by atoms with van der Waals surface area (Å²) in [6.07, 6.45) is 0.512. The fourth-order valence-electron chi connectivity index (χ4n) is 1.61. The van der Waals surface area contributed by atoms with Crippen molar-refractivity contribution in [3.8, 4) is 0 Å². The first-order valence-electron chi connectivity index (χ1n) is 4.73. The molecule has 0 aromatic carbocycles. The molecule has 2 atom stereocenters. The van der Waals surface area contributed by atoms with Crippen molar-refractivity contribution < 1.29 is 13.6 Å². The second-order valence-electron chi connectivity index (χ2n) is 3.73. The molecule has 2 unspecified atom stereocenters. The third kappa shape index (κ3) is 2.80. The predicted octanol–water partition coefficient (Wildman–Crippen LogP) is 2.17. The number of carbonyl (C=O) groups excluding carboxylic acids is 1. The Morgan fingerprint density at radius 2 is 2.36 bits per heavy atom. The number of carbonyl (C=O) groups is 1. The molecular weight excluding hydrogens is 212 g/mol. The second-order valence-corrected chi connectivity index (χ2v) is 4.48. The van der Waals surface area contributed by atoms with Gasteiger partial charge in [0.25, 0.3) is 5.92 Å². The maximum Gasteiger partial charge on any atom is 0.259 e. The van der Waals surface area contributed by atoms with E-state index in [4.69, 9.17) is 11.6 Å². The number of rotatable bonds is 3. The molecule has 0 radical (unpaired) electrons. The Hall–Kier alpha value is -0.380. The van der Waals surface area contributed by atoms with Crippen molar-refractivity contribution in [1.82, 2.24) is 5.32 Å². The van der Waals surface area contributed by atoms with Crippen LogP contribution in [-0.4, -0.2) is 23.8 Å². The van der Waals surface area contributed by atoms with Crippen LogP contribution in [0.1, 0.15) is 26.2 Å². The molecule has 0 heterocycles. The molecule has 0 aliphatic heterocycles. The molecule has 1 amide bonds. The van der Waals surface area contributed by atoms with Crippen molar-refractivity contribution in [1.29, 1.82) is 0 Å². The minimum Gasteiger partial charge on any atom is -0.354 e. The van der Waals surface area contributed by atoms with Crippen LogP contribution in [0, 0.1) is 5.92 Å². The maximum atomic E-state index is 13.1. The predicted molar refractivity (Wildman–Crippen MR) is 50.6 cm³/mol. The van der Waals surface area contributed by atoms with E-state index in [1.54, 1.807) is 6.92 Å². The summed E-state index contributed by atoms with van der Waals surface area (Å²) >= 11 is 5.60. The number of hydrogen-bond donors (Lipinski definition) is 1. The van der Waals surface area contributed by atoms with Gasteiger partial charge in [-0.25, -0.2) is 8.78 Å². The van der Waals surface area contributed by atoms with Crippen LogP contribution in [0.2, 0.25) is 0 Å². The summed E-state index contributed by atoms with van der Waals surface area (Å²) in [5, 5.41) is 2.20. The maximum absolute atomic E-state index is 13.1. The Morgan fingerprint density at radius 1 is 1.71 bits per heavy atom. The van der Waals surface area contributed by atoms with Crippen LogP contribution in [-0.2, 0) is 4.79 Å². The molecule has 0 spiro atoms. The minimum absolute atomic E-state index is 0.179. The van der Waals surface area contributed by atoms with Gasteiger partial charge in [-0.3, -0.25) is 4.79 Å². The van der Waals surface area contributed by atoms with Crippen molar-refractivity contribution in [3.63, 3.8) is 0 Å². The summed E-state index contributed by atoms with van der Waals surface area (Å²) in [5.41, 5.74) is 0. The van der Waals surface area contributed by atoms with E-state index in [2.05, 4.69) is 5.32 Å². The van der Waals surface area contributed by atoms with E-state index < -0.39 is 17.7 Å². The van der Waals surface area contributed by atoms with Gasteiger partial charge in [0, 0.05) is 18.3 Å². The summed E-state index contributed by atoms with van der Waals surface area (Å²) < 4.78 is 26.2.